The molecule has 0 rings (SSSR count). The molecular formula is C10H21N3O. The van der Waals surface area contributed by atoms with Gasteiger partial charge in [-0.05, 0) is 20.6 Å². The largest absolute Gasteiger partial charge is 0.492 e. The third-order valence-electron chi connectivity index (χ3n) is 1.88. The van der Waals surface area contributed by atoms with E-state index >= 15 is 0 Å². The average molecular weight is 199 g/mol. The van der Waals surface area contributed by atoms with E-state index in [-0.39, 0.29) is 17.3 Å². The van der Waals surface area contributed by atoms with Gasteiger partial charge >= 0.3 is 0 Å². The van der Waals surface area contributed by atoms with Crippen molar-refractivity contribution in [3.05, 3.63) is 11.6 Å². The molecule has 0 unspecified atom stereocenters. The summed E-state index contributed by atoms with van der Waals surface area (Å²) in [5.74, 6) is 5.66. The van der Waals surface area contributed by atoms with E-state index in [0.29, 0.717) is 5.70 Å². The predicted octanol–water partition coefficient (Wildman–Crippen LogP) is 2.04. The van der Waals surface area contributed by atoms with E-state index in [0.717, 1.165) is 0 Å². The van der Waals surface area contributed by atoms with Crippen LogP contribution in [0.3, 0.4) is 0 Å². The summed E-state index contributed by atoms with van der Waals surface area (Å²) >= 11 is 0. The van der Waals surface area contributed by atoms with Gasteiger partial charge in [0.05, 0.1) is 0 Å². The predicted molar refractivity (Wildman–Crippen MR) is 59.8 cm³/mol. The molecule has 0 saturated heterocycles. The van der Waals surface area contributed by atoms with Crippen LogP contribution in [0.4, 0.5) is 0 Å². The highest BCUT2D eigenvalue weighted by Gasteiger charge is 2.23. The number of hydrazine groups is 1. The molecule has 0 saturated carbocycles. The summed E-state index contributed by atoms with van der Waals surface area (Å²) in [6, 6.07) is 0.0223. The SMILES string of the molecule is C=N/C(=C(/O)N(N)C(C)C)C(C)(C)C. The standard InChI is InChI=1S/C10H21N3O/c1-7(2)13(11)9(14)8(12-6)10(3,4)5/h7,14H,6,11H2,1-5H3/b9-8+. The molecule has 0 aliphatic rings. The van der Waals surface area contributed by atoms with Crippen molar-refractivity contribution in [2.75, 3.05) is 0 Å². The van der Waals surface area contributed by atoms with Gasteiger partial charge in [0.1, 0.15) is 5.70 Å². The van der Waals surface area contributed by atoms with Gasteiger partial charge in [0.15, 0.2) is 0 Å². The van der Waals surface area contributed by atoms with E-state index in [2.05, 4.69) is 11.7 Å². The summed E-state index contributed by atoms with van der Waals surface area (Å²) in [5, 5.41) is 11.1. The summed E-state index contributed by atoms with van der Waals surface area (Å²) in [4.78, 5) is 3.82. The fourth-order valence-electron chi connectivity index (χ4n) is 1.01. The maximum Gasteiger partial charge on any atom is 0.224 e. The summed E-state index contributed by atoms with van der Waals surface area (Å²) in [7, 11) is 0. The van der Waals surface area contributed by atoms with Crippen LogP contribution in [0, 0.1) is 5.41 Å². The molecule has 0 radical (unpaired) electrons. The molecule has 0 heterocycles. The number of aliphatic imine (C=N–C) groups is 1. The zero-order valence-corrected chi connectivity index (χ0v) is 9.70. The molecular weight excluding hydrogens is 178 g/mol. The molecule has 3 N–H and O–H groups in total. The Hall–Kier alpha value is -1.03. The van der Waals surface area contributed by atoms with E-state index in [1.54, 1.807) is 0 Å². The van der Waals surface area contributed by atoms with Crippen LogP contribution in [0.2, 0.25) is 0 Å². The first-order valence-electron chi connectivity index (χ1n) is 4.66. The minimum absolute atomic E-state index is 0.0116. The molecule has 0 aromatic heterocycles. The van der Waals surface area contributed by atoms with E-state index in [1.165, 1.54) is 5.01 Å². The maximum absolute atomic E-state index is 9.83. The quantitative estimate of drug-likeness (QED) is 0.316. The summed E-state index contributed by atoms with van der Waals surface area (Å²) in [6.07, 6.45) is 0. The van der Waals surface area contributed by atoms with Crippen LogP contribution >= 0.6 is 0 Å². The van der Waals surface area contributed by atoms with Gasteiger partial charge in [-0.1, -0.05) is 20.8 Å². The average Bonchev–Trinajstić information content (AvgIpc) is 2.01. The number of nitrogens with zero attached hydrogens (tertiary/aromatic N) is 2. The Kier molecular flexibility index (Phi) is 4.13. The molecule has 0 aliphatic heterocycles. The maximum atomic E-state index is 9.83. The number of hydrogen-bond donors (Lipinski definition) is 2. The number of nitrogens with two attached hydrogens (primary N) is 1. The van der Waals surface area contributed by atoms with Gasteiger partial charge in [0.2, 0.25) is 5.88 Å². The highest BCUT2D eigenvalue weighted by Crippen LogP contribution is 2.28. The Balaban J connectivity index is 5.13. The first-order valence-corrected chi connectivity index (χ1v) is 4.66. The normalized spacial score (nSPS) is 13.9. The van der Waals surface area contributed by atoms with Crippen LogP contribution in [0.5, 0.6) is 0 Å². The number of aliphatic hydroxyl groups excluding tert-OH is 1. The Morgan fingerprint density at radius 3 is 2.07 bits per heavy atom. The molecule has 82 valence electrons. The lowest BCUT2D eigenvalue weighted by Gasteiger charge is -2.27. The van der Waals surface area contributed by atoms with Crippen LogP contribution in [0.25, 0.3) is 0 Å². The number of allylic oxidation sites excluding steroid dienone is 1. The van der Waals surface area contributed by atoms with Crippen molar-refractivity contribution >= 4 is 6.72 Å². The molecule has 0 atom stereocenters. The Morgan fingerprint density at radius 2 is 1.86 bits per heavy atom. The number of rotatable bonds is 3. The van der Waals surface area contributed by atoms with Crippen LogP contribution < -0.4 is 5.84 Å². The van der Waals surface area contributed by atoms with Gasteiger partial charge in [0.25, 0.3) is 0 Å². The summed E-state index contributed by atoms with van der Waals surface area (Å²) < 4.78 is 0. The van der Waals surface area contributed by atoms with Crippen LogP contribution in [-0.2, 0) is 0 Å². The van der Waals surface area contributed by atoms with Crippen LogP contribution in [0.1, 0.15) is 34.6 Å². The topological polar surface area (TPSA) is 61.9 Å². The second-order valence-electron chi connectivity index (χ2n) is 4.58. The van der Waals surface area contributed by atoms with Crippen molar-refractivity contribution in [3.8, 4) is 0 Å². The monoisotopic (exact) mass is 199 g/mol. The lowest BCUT2D eigenvalue weighted by molar-refractivity contribution is 0.157. The van der Waals surface area contributed by atoms with Crippen molar-refractivity contribution < 1.29 is 5.11 Å². The molecule has 0 aromatic carbocycles. The van der Waals surface area contributed by atoms with Gasteiger partial charge in [0, 0.05) is 11.5 Å². The zero-order chi connectivity index (χ0) is 11.5. The molecule has 0 aliphatic carbocycles. The van der Waals surface area contributed by atoms with Crippen LogP contribution in [0.15, 0.2) is 16.6 Å². The fraction of sp³-hybridized carbons (Fsp3) is 0.700. The first kappa shape index (κ1) is 13.0. The van der Waals surface area contributed by atoms with E-state index in [1.807, 2.05) is 34.6 Å². The molecule has 0 aromatic rings. The molecule has 0 bridgehead atoms. The molecule has 0 spiro atoms. The van der Waals surface area contributed by atoms with Crippen molar-refractivity contribution in [3.63, 3.8) is 0 Å². The Morgan fingerprint density at radius 1 is 1.43 bits per heavy atom. The van der Waals surface area contributed by atoms with E-state index < -0.39 is 0 Å². The first-order chi connectivity index (χ1) is 6.21. The summed E-state index contributed by atoms with van der Waals surface area (Å²) in [6.45, 7) is 13.1. The molecule has 14 heavy (non-hydrogen) atoms. The van der Waals surface area contributed by atoms with Gasteiger partial charge in [-0.3, -0.25) is 10.0 Å². The lowest BCUT2D eigenvalue weighted by Crippen LogP contribution is -2.38. The van der Waals surface area contributed by atoms with Crippen molar-refractivity contribution in [1.82, 2.24) is 5.01 Å². The highest BCUT2D eigenvalue weighted by molar-refractivity contribution is 5.31. The van der Waals surface area contributed by atoms with Crippen molar-refractivity contribution in [2.45, 2.75) is 40.7 Å². The fourth-order valence-corrected chi connectivity index (χ4v) is 1.01. The second kappa shape index (κ2) is 4.46. The summed E-state index contributed by atoms with van der Waals surface area (Å²) in [5.41, 5.74) is 0.243. The smallest absolute Gasteiger partial charge is 0.224 e. The minimum Gasteiger partial charge on any atom is -0.492 e. The molecule has 0 amide bonds. The van der Waals surface area contributed by atoms with E-state index in [4.69, 9.17) is 5.84 Å². The van der Waals surface area contributed by atoms with Gasteiger partial charge in [-0.15, -0.1) is 0 Å². The third kappa shape index (κ3) is 3.03. The highest BCUT2D eigenvalue weighted by atomic mass is 16.3. The van der Waals surface area contributed by atoms with Gasteiger partial charge < -0.3 is 5.11 Å². The van der Waals surface area contributed by atoms with E-state index in [9.17, 15) is 5.11 Å². The third-order valence-corrected chi connectivity index (χ3v) is 1.88. The number of aliphatic hydroxyl groups is 1. The van der Waals surface area contributed by atoms with Crippen molar-refractivity contribution in [1.29, 1.82) is 0 Å². The van der Waals surface area contributed by atoms with Crippen LogP contribution in [-0.4, -0.2) is 22.9 Å². The zero-order valence-electron chi connectivity index (χ0n) is 9.70. The minimum atomic E-state index is -0.266. The van der Waals surface area contributed by atoms with Gasteiger partial charge in [-0.25, -0.2) is 5.84 Å². The number of hydrogen-bond acceptors (Lipinski definition) is 4. The molecule has 4 nitrogen and oxygen atoms in total. The molecule has 0 fully saturated rings. The lowest BCUT2D eigenvalue weighted by atomic mass is 9.92. The Bertz CT molecular complexity index is 238. The second-order valence-corrected chi connectivity index (χ2v) is 4.58. The Labute approximate surface area is 86.1 Å². The van der Waals surface area contributed by atoms with Gasteiger partial charge in [-0.2, -0.15) is 0 Å². The van der Waals surface area contributed by atoms with Crippen molar-refractivity contribution in [2.24, 2.45) is 16.3 Å². The molecule has 4 heteroatoms.